The number of ether oxygens (including phenoxy) is 2. The maximum absolute atomic E-state index is 12.2. The van der Waals surface area contributed by atoms with Gasteiger partial charge in [0.2, 0.25) is 5.91 Å². The summed E-state index contributed by atoms with van der Waals surface area (Å²) in [6.45, 7) is 1.08. The average Bonchev–Trinajstić information content (AvgIpc) is 2.66. The second-order valence-corrected chi connectivity index (χ2v) is 7.68. The molecule has 1 amide bonds. The first-order valence-corrected chi connectivity index (χ1v) is 9.87. The fourth-order valence-electron chi connectivity index (χ4n) is 2.53. The van der Waals surface area contributed by atoms with Crippen LogP contribution in [0.2, 0.25) is 0 Å². The molecule has 2 aliphatic heterocycles. The average molecular weight is 372 g/mol. The molecular formula is C18H16N2O3S2. The summed E-state index contributed by atoms with van der Waals surface area (Å²) in [5.74, 6) is 2.53. The predicted molar refractivity (Wildman–Crippen MR) is 103 cm³/mol. The summed E-state index contributed by atoms with van der Waals surface area (Å²) in [5.41, 5.74) is 2.94. The van der Waals surface area contributed by atoms with E-state index >= 15 is 0 Å². The van der Waals surface area contributed by atoms with E-state index in [1.54, 1.807) is 17.8 Å². The Hall–Kier alpha value is -2.12. The van der Waals surface area contributed by atoms with Gasteiger partial charge < -0.3 is 14.8 Å². The lowest BCUT2D eigenvalue weighted by Gasteiger charge is -2.19. The molecule has 2 aliphatic rings. The van der Waals surface area contributed by atoms with Crippen LogP contribution in [-0.4, -0.2) is 29.2 Å². The summed E-state index contributed by atoms with van der Waals surface area (Å²) < 4.78 is 11.9. The second-order valence-electron chi connectivity index (χ2n) is 5.49. The largest absolute Gasteiger partial charge is 0.486 e. The van der Waals surface area contributed by atoms with Gasteiger partial charge in [-0.05, 0) is 23.8 Å². The van der Waals surface area contributed by atoms with E-state index in [0.29, 0.717) is 36.2 Å². The van der Waals surface area contributed by atoms with Crippen molar-refractivity contribution < 1.29 is 14.3 Å². The van der Waals surface area contributed by atoms with Crippen molar-refractivity contribution in [1.29, 1.82) is 0 Å². The number of carbonyl (C=O) groups is 1. The molecule has 0 radical (unpaired) electrons. The molecule has 2 heterocycles. The lowest BCUT2D eigenvalue weighted by Crippen LogP contribution is -2.17. The lowest BCUT2D eigenvalue weighted by molar-refractivity contribution is -0.113. The molecule has 2 aromatic rings. The molecule has 0 aliphatic carbocycles. The zero-order valence-corrected chi connectivity index (χ0v) is 15.0. The fraction of sp³-hybridized carbons (Fsp3) is 0.222. The summed E-state index contributed by atoms with van der Waals surface area (Å²) in [7, 11) is 0. The van der Waals surface area contributed by atoms with Crippen molar-refractivity contribution >= 4 is 45.2 Å². The smallest absolute Gasteiger partial charge is 0.234 e. The van der Waals surface area contributed by atoms with E-state index in [0.717, 1.165) is 15.8 Å². The summed E-state index contributed by atoms with van der Waals surface area (Å²) in [4.78, 5) is 16.8. The van der Waals surface area contributed by atoms with E-state index in [1.807, 2.05) is 30.3 Å². The highest BCUT2D eigenvalue weighted by Gasteiger charge is 2.15. The van der Waals surface area contributed by atoms with Crippen molar-refractivity contribution in [3.05, 3.63) is 48.0 Å². The molecule has 0 spiro atoms. The molecule has 0 aromatic heterocycles. The van der Waals surface area contributed by atoms with Crippen molar-refractivity contribution in [3.63, 3.8) is 0 Å². The predicted octanol–water partition coefficient (Wildman–Crippen LogP) is 4.06. The molecule has 128 valence electrons. The molecule has 0 atom stereocenters. The van der Waals surface area contributed by atoms with Crippen LogP contribution in [-0.2, 0) is 10.5 Å². The first-order valence-electron chi connectivity index (χ1n) is 7.90. The van der Waals surface area contributed by atoms with Gasteiger partial charge in [0.15, 0.2) is 11.5 Å². The normalized spacial score (nSPS) is 15.1. The van der Waals surface area contributed by atoms with E-state index in [4.69, 9.17) is 9.47 Å². The number of amides is 1. The third-order valence-corrected chi connectivity index (χ3v) is 5.95. The Morgan fingerprint density at radius 2 is 2.00 bits per heavy atom. The highest BCUT2D eigenvalue weighted by atomic mass is 32.2. The molecule has 1 N–H and O–H groups in total. The van der Waals surface area contributed by atoms with Crippen LogP contribution >= 0.6 is 23.5 Å². The quantitative estimate of drug-likeness (QED) is 0.880. The molecule has 0 bridgehead atoms. The minimum atomic E-state index is -0.0659. The Labute approximate surface area is 154 Å². The van der Waals surface area contributed by atoms with E-state index in [1.165, 1.54) is 17.3 Å². The first kappa shape index (κ1) is 16.4. The van der Waals surface area contributed by atoms with Gasteiger partial charge in [-0.25, -0.2) is 4.99 Å². The van der Waals surface area contributed by atoms with E-state index in [9.17, 15) is 4.79 Å². The maximum Gasteiger partial charge on any atom is 0.234 e. The number of thioether (sulfide) groups is 2. The van der Waals surface area contributed by atoms with Crippen LogP contribution in [0, 0.1) is 0 Å². The molecule has 4 rings (SSSR count). The number of aliphatic imine (C=N–C) groups is 1. The van der Waals surface area contributed by atoms with Crippen LogP contribution in [0.3, 0.4) is 0 Å². The number of rotatable bonds is 3. The van der Waals surface area contributed by atoms with Crippen LogP contribution in [0.4, 0.5) is 11.4 Å². The third-order valence-electron chi connectivity index (χ3n) is 3.71. The summed E-state index contributed by atoms with van der Waals surface area (Å²) >= 11 is 3.13. The number of hydrogen-bond donors (Lipinski definition) is 1. The van der Waals surface area contributed by atoms with Crippen molar-refractivity contribution in [1.82, 2.24) is 0 Å². The number of hydrogen-bond acceptors (Lipinski definition) is 6. The Balaban J connectivity index is 1.35. The van der Waals surface area contributed by atoms with Crippen molar-refractivity contribution in [2.75, 3.05) is 24.3 Å². The van der Waals surface area contributed by atoms with Crippen LogP contribution in [0.25, 0.3) is 0 Å². The molecule has 0 fully saturated rings. The zero-order valence-electron chi connectivity index (χ0n) is 13.4. The van der Waals surface area contributed by atoms with Crippen LogP contribution < -0.4 is 14.8 Å². The van der Waals surface area contributed by atoms with Gasteiger partial charge in [0.25, 0.3) is 0 Å². The van der Waals surface area contributed by atoms with E-state index < -0.39 is 0 Å². The Morgan fingerprint density at radius 1 is 1.16 bits per heavy atom. The SMILES string of the molecule is O=C(CSC1=Nc2ccccc2CS1)Nc1ccc2c(c1)OCCO2. The summed E-state index contributed by atoms with van der Waals surface area (Å²) in [6.07, 6.45) is 0. The Morgan fingerprint density at radius 3 is 2.92 bits per heavy atom. The first-order chi connectivity index (χ1) is 12.3. The van der Waals surface area contributed by atoms with Gasteiger partial charge in [-0.3, -0.25) is 4.79 Å². The molecular weight excluding hydrogens is 356 g/mol. The minimum absolute atomic E-state index is 0.0659. The number of fused-ring (bicyclic) bond motifs is 2. The molecule has 7 heteroatoms. The lowest BCUT2D eigenvalue weighted by atomic mass is 10.2. The topological polar surface area (TPSA) is 59.9 Å². The summed E-state index contributed by atoms with van der Waals surface area (Å²) in [5, 5.41) is 2.89. The van der Waals surface area contributed by atoms with Crippen LogP contribution in [0.5, 0.6) is 11.5 Å². The van der Waals surface area contributed by atoms with Gasteiger partial charge in [-0.15, -0.1) is 0 Å². The van der Waals surface area contributed by atoms with Crippen molar-refractivity contribution in [2.24, 2.45) is 4.99 Å². The second kappa shape index (κ2) is 7.41. The van der Waals surface area contributed by atoms with Gasteiger partial charge >= 0.3 is 0 Å². The highest BCUT2D eigenvalue weighted by molar-refractivity contribution is 8.38. The number of anilines is 1. The van der Waals surface area contributed by atoms with Crippen LogP contribution in [0.1, 0.15) is 5.56 Å². The number of carbonyl (C=O) groups excluding carboxylic acids is 1. The van der Waals surface area contributed by atoms with Crippen molar-refractivity contribution in [2.45, 2.75) is 5.75 Å². The van der Waals surface area contributed by atoms with Gasteiger partial charge in [0.05, 0.1) is 11.4 Å². The minimum Gasteiger partial charge on any atom is -0.486 e. The molecule has 0 unspecified atom stereocenters. The number of nitrogens with zero attached hydrogens (tertiary/aromatic N) is 1. The number of benzene rings is 2. The third kappa shape index (κ3) is 3.93. The zero-order chi connectivity index (χ0) is 17.1. The van der Waals surface area contributed by atoms with Crippen molar-refractivity contribution in [3.8, 4) is 11.5 Å². The van der Waals surface area contributed by atoms with E-state index in [-0.39, 0.29) is 5.91 Å². The number of para-hydroxylation sites is 1. The van der Waals surface area contributed by atoms with Crippen LogP contribution in [0.15, 0.2) is 47.5 Å². The van der Waals surface area contributed by atoms with E-state index in [2.05, 4.69) is 16.4 Å². The standard InChI is InChI=1S/C18H16N2O3S2/c21-17(19-13-5-6-15-16(9-13)23-8-7-22-15)11-25-18-20-14-4-2-1-3-12(14)10-24-18/h1-6,9H,7-8,10-11H2,(H,19,21). The molecule has 0 saturated carbocycles. The summed E-state index contributed by atoms with van der Waals surface area (Å²) in [6, 6.07) is 13.5. The monoisotopic (exact) mass is 372 g/mol. The van der Waals surface area contributed by atoms with Gasteiger partial charge in [-0.1, -0.05) is 41.7 Å². The van der Waals surface area contributed by atoms with Gasteiger partial charge in [0, 0.05) is 17.5 Å². The molecule has 25 heavy (non-hydrogen) atoms. The highest BCUT2D eigenvalue weighted by Crippen LogP contribution is 2.35. The molecule has 5 nitrogen and oxygen atoms in total. The van der Waals surface area contributed by atoms with Gasteiger partial charge in [0.1, 0.15) is 17.6 Å². The Kier molecular flexibility index (Phi) is 4.85. The fourth-order valence-corrected chi connectivity index (χ4v) is 4.39. The maximum atomic E-state index is 12.2. The molecule has 0 saturated heterocycles. The Bertz CT molecular complexity index is 839. The molecule has 2 aromatic carbocycles. The number of nitrogens with one attached hydrogen (secondary N) is 1. The van der Waals surface area contributed by atoms with Gasteiger partial charge in [-0.2, -0.15) is 0 Å².